The van der Waals surface area contributed by atoms with Gasteiger partial charge in [-0.1, -0.05) is 122 Å². The molecule has 1 saturated heterocycles. The minimum absolute atomic E-state index is 0.0361. The van der Waals surface area contributed by atoms with Crippen LogP contribution < -0.4 is 5.73 Å². The molecule has 1 fully saturated rings. The Morgan fingerprint density at radius 3 is 2.22 bits per heavy atom. The summed E-state index contributed by atoms with van der Waals surface area (Å²) in [5.41, 5.74) is 7.37. The molecule has 4 rings (SSSR count). The fraction of sp³-hybridized carbons (Fsp3) is 0.690. The van der Waals surface area contributed by atoms with Crippen molar-refractivity contribution in [3.63, 3.8) is 0 Å². The van der Waals surface area contributed by atoms with E-state index in [0.29, 0.717) is 36.2 Å². The average Bonchev–Trinajstić information content (AvgIpc) is 3.79. The number of nitrogens with two attached hydrogens (primary N) is 1. The number of aromatic nitrogens is 3. The lowest BCUT2D eigenvalue weighted by atomic mass is 10.0. The van der Waals surface area contributed by atoms with E-state index in [4.69, 9.17) is 24.3 Å². The maximum absolute atomic E-state index is 14.1. The number of hydrogen-bond donors (Lipinski definition) is 2. The van der Waals surface area contributed by atoms with Crippen molar-refractivity contribution in [2.24, 2.45) is 0 Å². The van der Waals surface area contributed by atoms with Crippen LogP contribution in [0, 0.1) is 17.1 Å². The molecule has 55 heavy (non-hydrogen) atoms. The first-order chi connectivity index (χ1) is 26.6. The van der Waals surface area contributed by atoms with E-state index in [-0.39, 0.29) is 31.5 Å². The van der Waals surface area contributed by atoms with Gasteiger partial charge in [-0.05, 0) is 62.1 Å². The largest absolute Gasteiger partial charge is 0.472 e. The van der Waals surface area contributed by atoms with E-state index in [1.54, 1.807) is 10.6 Å². The standard InChI is InChI=1S/C42H65FN5O6P/c1-3-4-5-6-7-8-9-10-11-12-13-14-15-16-17-18-19-20-21-37(51-30-35-26-34(29-44)27-36(43)28-35)31-52-55(49,50)53-32-42(2)25-24-40(54-42)38-22-23-39-41(45)46-33-47-48(38)39/h22-23,26-28,33,37,40H,3-21,24-25,30-32H2,1-2H3,(H,49,50)(H2,45,46,47)/t37-,40-,42+/m1/s1. The molecular weight excluding hydrogens is 720 g/mol. The number of ether oxygens (including phenoxy) is 2. The molecule has 0 amide bonds. The van der Waals surface area contributed by atoms with E-state index >= 15 is 0 Å². The fourth-order valence-electron chi connectivity index (χ4n) is 7.36. The van der Waals surface area contributed by atoms with Crippen LogP contribution in [0.25, 0.3) is 5.52 Å². The Morgan fingerprint density at radius 1 is 0.982 bits per heavy atom. The van der Waals surface area contributed by atoms with Crippen molar-refractivity contribution < 1.29 is 32.4 Å². The third-order valence-corrected chi connectivity index (χ3v) is 11.5. The zero-order valence-electron chi connectivity index (χ0n) is 33.3. The van der Waals surface area contributed by atoms with Crippen LogP contribution >= 0.6 is 7.82 Å². The summed E-state index contributed by atoms with van der Waals surface area (Å²) in [5, 5.41) is 13.6. The number of phosphoric ester groups is 1. The van der Waals surface area contributed by atoms with Gasteiger partial charge in [0.2, 0.25) is 0 Å². The molecule has 1 aromatic carbocycles. The lowest BCUT2D eigenvalue weighted by molar-refractivity contribution is -0.0663. The van der Waals surface area contributed by atoms with Gasteiger partial charge in [-0.3, -0.25) is 9.05 Å². The van der Waals surface area contributed by atoms with Crippen molar-refractivity contribution in [1.82, 2.24) is 14.6 Å². The van der Waals surface area contributed by atoms with Crippen LogP contribution in [0.3, 0.4) is 0 Å². The normalized spacial score (nSPS) is 18.8. The Bertz CT molecular complexity index is 1650. The molecule has 0 spiro atoms. The van der Waals surface area contributed by atoms with Crippen molar-refractivity contribution in [1.29, 1.82) is 5.26 Å². The number of fused-ring (bicyclic) bond motifs is 1. The van der Waals surface area contributed by atoms with Crippen molar-refractivity contribution in [2.45, 2.75) is 173 Å². The molecule has 3 heterocycles. The summed E-state index contributed by atoms with van der Waals surface area (Å²) in [6, 6.07) is 9.76. The van der Waals surface area contributed by atoms with Gasteiger partial charge in [0.15, 0.2) is 5.82 Å². The molecular formula is C42H65FN5O6P. The quantitative estimate of drug-likeness (QED) is 0.0513. The average molecular weight is 786 g/mol. The topological polar surface area (TPSA) is 154 Å². The molecule has 306 valence electrons. The second-order valence-corrected chi connectivity index (χ2v) is 17.0. The molecule has 3 N–H and O–H groups in total. The zero-order chi connectivity index (χ0) is 39.4. The second kappa shape index (κ2) is 24.0. The number of unbranched alkanes of at least 4 members (excludes halogenated alkanes) is 17. The van der Waals surface area contributed by atoms with Crippen molar-refractivity contribution >= 4 is 19.2 Å². The van der Waals surface area contributed by atoms with Gasteiger partial charge < -0.3 is 20.1 Å². The van der Waals surface area contributed by atoms with E-state index in [1.165, 1.54) is 115 Å². The summed E-state index contributed by atoms with van der Waals surface area (Å²) in [7, 11) is -4.47. The molecule has 3 aromatic rings. The van der Waals surface area contributed by atoms with Crippen LogP contribution in [-0.2, 0) is 29.7 Å². The summed E-state index contributed by atoms with van der Waals surface area (Å²) in [6.07, 6.45) is 25.5. The molecule has 0 bridgehead atoms. The number of phosphoric acid groups is 1. The predicted octanol–water partition coefficient (Wildman–Crippen LogP) is 11.1. The highest BCUT2D eigenvalue weighted by Crippen LogP contribution is 2.47. The van der Waals surface area contributed by atoms with Crippen LogP contribution in [0.2, 0.25) is 0 Å². The van der Waals surface area contributed by atoms with Crippen LogP contribution in [0.1, 0.15) is 172 Å². The molecule has 1 aliphatic rings. The summed E-state index contributed by atoms with van der Waals surface area (Å²) >= 11 is 0. The molecule has 0 aliphatic carbocycles. The smallest absolute Gasteiger partial charge is 0.382 e. The van der Waals surface area contributed by atoms with Gasteiger partial charge in [-0.25, -0.2) is 18.5 Å². The summed E-state index contributed by atoms with van der Waals surface area (Å²) < 4.78 is 52.1. The van der Waals surface area contributed by atoms with E-state index < -0.39 is 25.3 Å². The first kappa shape index (κ1) is 44.8. The zero-order valence-corrected chi connectivity index (χ0v) is 34.2. The first-order valence-electron chi connectivity index (χ1n) is 20.8. The number of rotatable bonds is 29. The number of halogens is 1. The van der Waals surface area contributed by atoms with Crippen molar-refractivity contribution in [2.75, 3.05) is 18.9 Å². The molecule has 13 heteroatoms. The van der Waals surface area contributed by atoms with E-state index in [0.717, 1.165) is 25.0 Å². The Kier molecular flexibility index (Phi) is 19.5. The fourth-order valence-corrected chi connectivity index (χ4v) is 8.23. The Hall–Kier alpha value is -2.91. The number of nitriles is 1. The molecule has 1 unspecified atom stereocenters. The molecule has 11 nitrogen and oxygen atoms in total. The van der Waals surface area contributed by atoms with Gasteiger partial charge in [0, 0.05) is 0 Å². The van der Waals surface area contributed by atoms with Crippen LogP contribution in [0.15, 0.2) is 36.7 Å². The Balaban J connectivity index is 1.14. The minimum atomic E-state index is -4.47. The van der Waals surface area contributed by atoms with Crippen molar-refractivity contribution in [3.05, 3.63) is 59.3 Å². The Morgan fingerprint density at radius 2 is 1.60 bits per heavy atom. The van der Waals surface area contributed by atoms with Gasteiger partial charge in [0.25, 0.3) is 0 Å². The number of anilines is 1. The third-order valence-electron chi connectivity index (χ3n) is 10.6. The monoisotopic (exact) mass is 785 g/mol. The Labute approximate surface area is 328 Å². The van der Waals surface area contributed by atoms with Gasteiger partial charge in [0.1, 0.15) is 23.8 Å². The highest BCUT2D eigenvalue weighted by molar-refractivity contribution is 7.47. The number of nitrogens with zero attached hydrogens (tertiary/aromatic N) is 4. The second-order valence-electron chi connectivity index (χ2n) is 15.5. The number of hydrogen-bond acceptors (Lipinski definition) is 9. The van der Waals surface area contributed by atoms with Gasteiger partial charge in [-0.15, -0.1) is 0 Å². The molecule has 1 aliphatic heterocycles. The van der Waals surface area contributed by atoms with Crippen molar-refractivity contribution in [3.8, 4) is 6.07 Å². The summed E-state index contributed by atoms with van der Waals surface area (Å²) in [5.74, 6) is -0.149. The van der Waals surface area contributed by atoms with Gasteiger partial charge in [0.05, 0.1) is 48.9 Å². The van der Waals surface area contributed by atoms with E-state index in [9.17, 15) is 19.1 Å². The highest BCUT2D eigenvalue weighted by atomic mass is 31.2. The SMILES string of the molecule is CCCCCCCCCCCCCCCCCCCC[C@H](COP(=O)(O)OC[C@]1(C)CC[C@H](c2ccc3c(N)ncnn23)O1)OCc1cc(F)cc(C#N)c1. The maximum atomic E-state index is 14.1. The molecule has 4 atom stereocenters. The first-order valence-corrected chi connectivity index (χ1v) is 22.3. The summed E-state index contributed by atoms with van der Waals surface area (Å²) in [6.45, 7) is 3.82. The molecule has 0 radical (unpaired) electrons. The van der Waals surface area contributed by atoms with E-state index in [2.05, 4.69) is 17.0 Å². The van der Waals surface area contributed by atoms with E-state index in [1.807, 2.05) is 25.1 Å². The van der Waals surface area contributed by atoms with Gasteiger partial charge in [-0.2, -0.15) is 10.4 Å². The molecule has 2 aromatic heterocycles. The van der Waals surface area contributed by atoms with Crippen LogP contribution in [0.4, 0.5) is 10.2 Å². The summed E-state index contributed by atoms with van der Waals surface area (Å²) in [4.78, 5) is 14.7. The minimum Gasteiger partial charge on any atom is -0.382 e. The number of benzene rings is 1. The van der Waals surface area contributed by atoms with Gasteiger partial charge >= 0.3 is 7.82 Å². The third kappa shape index (κ3) is 16.2. The predicted molar refractivity (Wildman–Crippen MR) is 214 cm³/mol. The van der Waals surface area contributed by atoms with Crippen LogP contribution in [-0.4, -0.2) is 44.4 Å². The highest BCUT2D eigenvalue weighted by Gasteiger charge is 2.40. The molecule has 0 saturated carbocycles. The number of nitrogen functional groups attached to an aromatic ring is 1. The lowest BCUT2D eigenvalue weighted by Crippen LogP contribution is -2.30. The maximum Gasteiger partial charge on any atom is 0.472 e. The lowest BCUT2D eigenvalue weighted by Gasteiger charge is -2.26. The van der Waals surface area contributed by atoms with Crippen LogP contribution in [0.5, 0.6) is 0 Å².